The van der Waals surface area contributed by atoms with Crippen molar-refractivity contribution in [2.75, 3.05) is 0 Å². The molecule has 0 aliphatic carbocycles. The summed E-state index contributed by atoms with van der Waals surface area (Å²) in [5.74, 6) is -1.21. The molecule has 1 N–H and O–H groups in total. The highest BCUT2D eigenvalue weighted by atomic mass is 32.1. The molecule has 4 aromatic rings. The fraction of sp³-hybridized carbons (Fsp3) is 0.0909. The van der Waals surface area contributed by atoms with Crippen molar-refractivity contribution in [2.45, 2.75) is 12.5 Å². The lowest BCUT2D eigenvalue weighted by atomic mass is 10.0. The van der Waals surface area contributed by atoms with Crippen LogP contribution >= 0.6 is 11.3 Å². The van der Waals surface area contributed by atoms with Crippen molar-refractivity contribution < 1.29 is 14.8 Å². The number of carbonyl (C=O) groups is 1. The smallest absolute Gasteiger partial charge is 0.330 e. The number of fused-ring (bicyclic) bond motifs is 1. The Morgan fingerprint density at radius 3 is 2.61 bits per heavy atom. The molecule has 0 spiro atoms. The number of thiazole rings is 1. The molecule has 3 aromatic carbocycles. The van der Waals surface area contributed by atoms with Crippen molar-refractivity contribution in [1.29, 1.82) is 0 Å². The molecule has 0 aliphatic rings. The van der Waals surface area contributed by atoms with E-state index in [2.05, 4.69) is 15.2 Å². The number of hydrogen-bond donors (Lipinski definition) is 1. The molecule has 0 saturated heterocycles. The summed E-state index contributed by atoms with van der Waals surface area (Å²) < 4.78 is 0. The van der Waals surface area contributed by atoms with Crippen molar-refractivity contribution in [3.05, 3.63) is 87.8 Å². The highest BCUT2D eigenvalue weighted by molar-refractivity contribution is 7.13. The molecule has 0 fully saturated rings. The van der Waals surface area contributed by atoms with Crippen LogP contribution in [-0.4, -0.2) is 27.0 Å². The van der Waals surface area contributed by atoms with Gasteiger partial charge in [-0.2, -0.15) is 5.11 Å². The van der Waals surface area contributed by atoms with Crippen LogP contribution in [0.4, 0.5) is 10.8 Å². The van der Waals surface area contributed by atoms with Gasteiger partial charge >= 0.3 is 5.97 Å². The number of benzene rings is 3. The first-order valence-electron chi connectivity index (χ1n) is 9.32. The van der Waals surface area contributed by atoms with Gasteiger partial charge in [-0.25, -0.2) is 9.78 Å². The molecule has 0 amide bonds. The van der Waals surface area contributed by atoms with Crippen molar-refractivity contribution in [2.24, 2.45) is 10.2 Å². The first kappa shape index (κ1) is 20.3. The molecule has 4 rings (SSSR count). The summed E-state index contributed by atoms with van der Waals surface area (Å²) in [6.07, 6.45) is -0.140. The van der Waals surface area contributed by atoms with E-state index in [0.717, 1.165) is 22.0 Å². The number of nitrogens with zero attached hydrogens (tertiary/aromatic N) is 4. The second-order valence-electron chi connectivity index (χ2n) is 6.74. The summed E-state index contributed by atoms with van der Waals surface area (Å²) in [5, 5.41) is 32.9. The quantitative estimate of drug-likeness (QED) is 0.230. The second kappa shape index (κ2) is 8.80. The number of carboxylic acid groups (broad SMARTS) is 1. The summed E-state index contributed by atoms with van der Waals surface area (Å²) in [6.45, 7) is 0. The number of para-hydroxylation sites is 1. The van der Waals surface area contributed by atoms with Crippen molar-refractivity contribution in [3.8, 4) is 11.3 Å². The van der Waals surface area contributed by atoms with Crippen LogP contribution in [0.1, 0.15) is 5.56 Å². The van der Waals surface area contributed by atoms with Crippen LogP contribution in [0.3, 0.4) is 0 Å². The van der Waals surface area contributed by atoms with Crippen LogP contribution < -0.4 is 0 Å². The lowest BCUT2D eigenvalue weighted by molar-refractivity contribution is -0.385. The SMILES string of the molecule is O=C(O)C(Cc1ccccc1[N+](=O)[O-])N=Nc1nc(-c2ccc3ccccc3c2)cs1. The van der Waals surface area contributed by atoms with E-state index in [1.54, 1.807) is 6.07 Å². The highest BCUT2D eigenvalue weighted by Crippen LogP contribution is 2.29. The van der Waals surface area contributed by atoms with E-state index in [-0.39, 0.29) is 17.7 Å². The third-order valence-corrected chi connectivity index (χ3v) is 5.43. The zero-order valence-corrected chi connectivity index (χ0v) is 16.9. The van der Waals surface area contributed by atoms with Crippen LogP contribution in [0, 0.1) is 10.1 Å². The maximum Gasteiger partial charge on any atom is 0.330 e. The molecule has 1 unspecified atom stereocenters. The Morgan fingerprint density at radius 2 is 1.84 bits per heavy atom. The average molecular weight is 432 g/mol. The molecule has 1 aromatic heterocycles. The number of azo groups is 1. The molecule has 154 valence electrons. The third kappa shape index (κ3) is 4.62. The van der Waals surface area contributed by atoms with Crippen LogP contribution in [-0.2, 0) is 11.2 Å². The summed E-state index contributed by atoms with van der Waals surface area (Å²) in [4.78, 5) is 26.7. The standard InChI is InChI=1S/C22H16N4O4S/c27-21(28)18(12-17-7-3-4-8-20(17)26(29)30)24-25-22-23-19(13-31-22)16-10-9-14-5-1-2-6-15(14)11-16/h1-11,13,18H,12H2,(H,27,28). The van der Waals surface area contributed by atoms with Crippen molar-refractivity contribution in [3.63, 3.8) is 0 Å². The van der Waals surface area contributed by atoms with Gasteiger partial charge in [-0.1, -0.05) is 54.6 Å². The van der Waals surface area contributed by atoms with Crippen LogP contribution in [0.15, 0.2) is 82.3 Å². The van der Waals surface area contributed by atoms with Crippen LogP contribution in [0.2, 0.25) is 0 Å². The van der Waals surface area contributed by atoms with E-state index in [1.165, 1.54) is 29.5 Å². The van der Waals surface area contributed by atoms with Gasteiger partial charge in [0, 0.05) is 29.0 Å². The Hall–Kier alpha value is -3.98. The number of hydrogen-bond acceptors (Lipinski definition) is 7. The third-order valence-electron chi connectivity index (χ3n) is 4.71. The molecular weight excluding hydrogens is 416 g/mol. The maximum absolute atomic E-state index is 11.6. The van der Waals surface area contributed by atoms with Gasteiger partial charge in [-0.3, -0.25) is 10.1 Å². The van der Waals surface area contributed by atoms with Gasteiger partial charge in [0.25, 0.3) is 5.69 Å². The summed E-state index contributed by atoms with van der Waals surface area (Å²) >= 11 is 1.25. The first-order valence-corrected chi connectivity index (χ1v) is 10.2. The predicted octanol–water partition coefficient (Wildman–Crippen LogP) is 5.65. The molecule has 31 heavy (non-hydrogen) atoms. The van der Waals surface area contributed by atoms with Gasteiger partial charge in [0.2, 0.25) is 5.13 Å². The maximum atomic E-state index is 11.6. The molecule has 0 saturated carbocycles. The summed E-state index contributed by atoms with van der Waals surface area (Å²) in [6, 6.07) is 18.8. The van der Waals surface area contributed by atoms with Crippen molar-refractivity contribution in [1.82, 2.24) is 4.98 Å². The van der Waals surface area contributed by atoms with Gasteiger partial charge in [0.05, 0.1) is 10.6 Å². The Kier molecular flexibility index (Phi) is 5.76. The van der Waals surface area contributed by atoms with Crippen molar-refractivity contribution >= 4 is 38.9 Å². The highest BCUT2D eigenvalue weighted by Gasteiger charge is 2.22. The lowest BCUT2D eigenvalue weighted by Gasteiger charge is -2.06. The first-order chi connectivity index (χ1) is 15.0. The van der Waals surface area contributed by atoms with Gasteiger partial charge in [0.1, 0.15) is 0 Å². The minimum atomic E-state index is -1.26. The largest absolute Gasteiger partial charge is 0.480 e. The molecule has 0 aliphatic heterocycles. The fourth-order valence-electron chi connectivity index (χ4n) is 3.16. The van der Waals surface area contributed by atoms with E-state index < -0.39 is 16.9 Å². The number of rotatable bonds is 7. The summed E-state index contributed by atoms with van der Waals surface area (Å²) in [7, 11) is 0. The van der Waals surface area contributed by atoms with Gasteiger partial charge in [-0.15, -0.1) is 16.5 Å². The molecule has 8 nitrogen and oxygen atoms in total. The lowest BCUT2D eigenvalue weighted by Crippen LogP contribution is -2.20. The minimum Gasteiger partial charge on any atom is -0.480 e. The number of nitro groups is 1. The molecule has 0 radical (unpaired) electrons. The topological polar surface area (TPSA) is 118 Å². The fourth-order valence-corrected chi connectivity index (χ4v) is 3.81. The normalized spacial score (nSPS) is 12.3. The Balaban J connectivity index is 1.55. The average Bonchev–Trinajstić information content (AvgIpc) is 3.25. The van der Waals surface area contributed by atoms with Gasteiger partial charge in [-0.05, 0) is 16.8 Å². The number of aromatic nitrogens is 1. The Morgan fingerprint density at radius 1 is 1.10 bits per heavy atom. The van der Waals surface area contributed by atoms with E-state index >= 15 is 0 Å². The summed E-state index contributed by atoms with van der Waals surface area (Å²) in [5.41, 5.74) is 1.79. The number of nitro benzene ring substituents is 1. The zero-order chi connectivity index (χ0) is 21.8. The van der Waals surface area contributed by atoms with E-state index in [0.29, 0.717) is 5.13 Å². The number of carboxylic acids is 1. The molecule has 0 bridgehead atoms. The monoisotopic (exact) mass is 432 g/mol. The minimum absolute atomic E-state index is 0.140. The molecule has 9 heteroatoms. The molecule has 1 atom stereocenters. The van der Waals surface area contributed by atoms with Crippen LogP contribution in [0.25, 0.3) is 22.0 Å². The predicted molar refractivity (Wildman–Crippen MR) is 118 cm³/mol. The number of aliphatic carboxylic acids is 1. The Bertz CT molecular complexity index is 1300. The second-order valence-corrected chi connectivity index (χ2v) is 7.57. The van der Waals surface area contributed by atoms with E-state index in [4.69, 9.17) is 0 Å². The molecular formula is C22H16N4O4S. The Labute approximate surface area is 180 Å². The van der Waals surface area contributed by atoms with E-state index in [9.17, 15) is 20.0 Å². The zero-order valence-electron chi connectivity index (χ0n) is 16.1. The molecule has 1 heterocycles. The van der Waals surface area contributed by atoms with Gasteiger partial charge in [0.15, 0.2) is 6.04 Å². The van der Waals surface area contributed by atoms with E-state index in [1.807, 2.05) is 47.8 Å². The van der Waals surface area contributed by atoms with Gasteiger partial charge < -0.3 is 5.11 Å². The van der Waals surface area contributed by atoms with Crippen LogP contribution in [0.5, 0.6) is 0 Å².